The topological polar surface area (TPSA) is 32.3 Å². The number of hydrogen-bond donors (Lipinski definition) is 1. The van der Waals surface area contributed by atoms with Crippen molar-refractivity contribution in [2.75, 3.05) is 18.9 Å². The summed E-state index contributed by atoms with van der Waals surface area (Å²) in [7, 11) is 2.04. The van der Waals surface area contributed by atoms with E-state index in [-0.39, 0.29) is 11.6 Å². The number of halogens is 2. The maximum absolute atomic E-state index is 13.6. The molecule has 1 N–H and O–H groups in total. The highest BCUT2D eigenvalue weighted by atomic mass is 79.9. The van der Waals surface area contributed by atoms with Gasteiger partial charge in [0.05, 0.1) is 5.69 Å². The van der Waals surface area contributed by atoms with E-state index in [2.05, 4.69) is 33.1 Å². The van der Waals surface area contributed by atoms with Crippen molar-refractivity contribution in [3.05, 3.63) is 28.5 Å². The minimum atomic E-state index is -0.424. The molecular weight excluding hydrogens is 323 g/mol. The minimum Gasteiger partial charge on any atom is -0.324 e. The Balaban J connectivity index is 1.80. The standard InChI is InChI=1S/C15H20BrFN2O/c1-10(11-3-4-11)19(2)8-7-15(20)18-14-6-5-12(16)9-13(14)17/h5-6,9-11H,3-4,7-8H2,1-2H3,(H,18,20). The Morgan fingerprint density at radius 3 is 2.85 bits per heavy atom. The van der Waals surface area contributed by atoms with Gasteiger partial charge in [-0.3, -0.25) is 4.79 Å². The molecule has 0 aliphatic heterocycles. The molecule has 0 spiro atoms. The number of carbonyl (C=O) groups is 1. The molecule has 3 nitrogen and oxygen atoms in total. The summed E-state index contributed by atoms with van der Waals surface area (Å²) in [5.41, 5.74) is 0.232. The van der Waals surface area contributed by atoms with Gasteiger partial charge in [0.15, 0.2) is 0 Å². The van der Waals surface area contributed by atoms with Crippen LogP contribution < -0.4 is 5.32 Å². The zero-order valence-corrected chi connectivity index (χ0v) is 13.4. The van der Waals surface area contributed by atoms with Gasteiger partial charge in [0.1, 0.15) is 5.82 Å². The van der Waals surface area contributed by atoms with Crippen LogP contribution >= 0.6 is 15.9 Å². The Morgan fingerprint density at radius 1 is 1.55 bits per heavy atom. The molecule has 20 heavy (non-hydrogen) atoms. The van der Waals surface area contributed by atoms with E-state index >= 15 is 0 Å². The van der Waals surface area contributed by atoms with Crippen molar-refractivity contribution in [1.29, 1.82) is 0 Å². The van der Waals surface area contributed by atoms with Crippen LogP contribution in [0.25, 0.3) is 0 Å². The van der Waals surface area contributed by atoms with E-state index in [1.165, 1.54) is 18.9 Å². The Labute approximate surface area is 127 Å². The summed E-state index contributed by atoms with van der Waals surface area (Å²) in [5, 5.41) is 2.62. The van der Waals surface area contributed by atoms with Gasteiger partial charge in [-0.05, 0) is 50.9 Å². The van der Waals surface area contributed by atoms with E-state index in [0.29, 0.717) is 23.5 Å². The number of nitrogens with zero attached hydrogens (tertiary/aromatic N) is 1. The molecule has 1 aliphatic carbocycles. The first-order valence-electron chi connectivity index (χ1n) is 6.92. The normalized spacial score (nSPS) is 16.2. The molecule has 0 aromatic heterocycles. The maximum Gasteiger partial charge on any atom is 0.225 e. The van der Waals surface area contributed by atoms with E-state index in [0.717, 1.165) is 5.92 Å². The number of amides is 1. The average molecular weight is 343 g/mol. The first-order valence-corrected chi connectivity index (χ1v) is 7.72. The Kier molecular flexibility index (Phi) is 5.16. The fourth-order valence-electron chi connectivity index (χ4n) is 2.22. The predicted octanol–water partition coefficient (Wildman–Crippen LogP) is 3.65. The van der Waals surface area contributed by atoms with Crippen LogP contribution in [-0.2, 0) is 4.79 Å². The van der Waals surface area contributed by atoms with E-state index < -0.39 is 5.82 Å². The molecule has 1 amide bonds. The van der Waals surface area contributed by atoms with Crippen molar-refractivity contribution in [1.82, 2.24) is 4.90 Å². The van der Waals surface area contributed by atoms with Crippen molar-refractivity contribution < 1.29 is 9.18 Å². The molecule has 1 fully saturated rings. The molecule has 1 saturated carbocycles. The Hall–Kier alpha value is -0.940. The molecule has 0 radical (unpaired) electrons. The number of benzene rings is 1. The molecule has 5 heteroatoms. The van der Waals surface area contributed by atoms with Gasteiger partial charge in [-0.25, -0.2) is 4.39 Å². The smallest absolute Gasteiger partial charge is 0.225 e. The Morgan fingerprint density at radius 2 is 2.25 bits per heavy atom. The molecule has 1 aromatic carbocycles. The average Bonchev–Trinajstić information content (AvgIpc) is 3.23. The lowest BCUT2D eigenvalue weighted by atomic mass is 10.2. The summed E-state index contributed by atoms with van der Waals surface area (Å²) in [6.45, 7) is 2.89. The lowest BCUT2D eigenvalue weighted by molar-refractivity contribution is -0.116. The van der Waals surface area contributed by atoms with Gasteiger partial charge in [-0.15, -0.1) is 0 Å². The second-order valence-electron chi connectivity index (χ2n) is 5.48. The van der Waals surface area contributed by atoms with E-state index in [1.807, 2.05) is 7.05 Å². The van der Waals surface area contributed by atoms with Gasteiger partial charge in [-0.1, -0.05) is 15.9 Å². The van der Waals surface area contributed by atoms with Gasteiger partial charge < -0.3 is 10.2 Å². The van der Waals surface area contributed by atoms with Crippen LogP contribution in [0.3, 0.4) is 0 Å². The van der Waals surface area contributed by atoms with Gasteiger partial charge in [-0.2, -0.15) is 0 Å². The molecule has 0 bridgehead atoms. The SMILES string of the molecule is CC(C1CC1)N(C)CCC(=O)Nc1ccc(Br)cc1F. The van der Waals surface area contributed by atoms with Crippen molar-refractivity contribution in [3.63, 3.8) is 0 Å². The molecule has 1 atom stereocenters. The summed E-state index contributed by atoms with van der Waals surface area (Å²) < 4.78 is 14.3. The number of rotatable bonds is 6. The zero-order valence-electron chi connectivity index (χ0n) is 11.8. The summed E-state index contributed by atoms with van der Waals surface area (Å²) in [6.07, 6.45) is 2.96. The lowest BCUT2D eigenvalue weighted by Crippen LogP contribution is -2.33. The van der Waals surface area contributed by atoms with Crippen molar-refractivity contribution in [3.8, 4) is 0 Å². The van der Waals surface area contributed by atoms with Gasteiger partial charge in [0.2, 0.25) is 5.91 Å². The molecule has 1 unspecified atom stereocenters. The molecule has 0 heterocycles. The van der Waals surface area contributed by atoms with Crippen molar-refractivity contribution in [2.45, 2.75) is 32.2 Å². The lowest BCUT2D eigenvalue weighted by Gasteiger charge is -2.24. The third kappa shape index (κ3) is 4.28. The predicted molar refractivity (Wildman–Crippen MR) is 82.2 cm³/mol. The molecule has 2 rings (SSSR count). The summed E-state index contributed by atoms with van der Waals surface area (Å²) in [5.74, 6) is 0.209. The third-order valence-electron chi connectivity index (χ3n) is 3.90. The van der Waals surface area contributed by atoms with Crippen LogP contribution in [0.5, 0.6) is 0 Å². The second kappa shape index (κ2) is 6.68. The molecule has 1 aromatic rings. The van der Waals surface area contributed by atoms with Gasteiger partial charge in [0.25, 0.3) is 0 Å². The molecular formula is C15H20BrFN2O. The largest absolute Gasteiger partial charge is 0.324 e. The number of carbonyl (C=O) groups excluding carboxylic acids is 1. The van der Waals surface area contributed by atoms with Gasteiger partial charge in [0, 0.05) is 23.5 Å². The second-order valence-corrected chi connectivity index (χ2v) is 6.40. The van der Waals surface area contributed by atoms with Crippen LogP contribution in [0.15, 0.2) is 22.7 Å². The zero-order chi connectivity index (χ0) is 14.7. The quantitative estimate of drug-likeness (QED) is 0.855. The van der Waals surface area contributed by atoms with Crippen LogP contribution in [0, 0.1) is 11.7 Å². The summed E-state index contributed by atoms with van der Waals surface area (Å²) in [4.78, 5) is 14.0. The first-order chi connectivity index (χ1) is 9.47. The van der Waals surface area contributed by atoms with Crippen LogP contribution in [0.2, 0.25) is 0 Å². The highest BCUT2D eigenvalue weighted by molar-refractivity contribution is 9.10. The summed E-state index contributed by atoms with van der Waals surface area (Å²) >= 11 is 3.19. The number of anilines is 1. The van der Waals surface area contributed by atoms with E-state index in [9.17, 15) is 9.18 Å². The monoisotopic (exact) mass is 342 g/mol. The maximum atomic E-state index is 13.6. The van der Waals surface area contributed by atoms with Crippen LogP contribution in [-0.4, -0.2) is 30.4 Å². The first kappa shape index (κ1) is 15.4. The fourth-order valence-corrected chi connectivity index (χ4v) is 2.56. The molecule has 1 aliphatic rings. The number of nitrogens with one attached hydrogen (secondary N) is 1. The molecule has 0 saturated heterocycles. The van der Waals surface area contributed by atoms with E-state index in [4.69, 9.17) is 0 Å². The van der Waals surface area contributed by atoms with E-state index in [1.54, 1.807) is 12.1 Å². The van der Waals surface area contributed by atoms with Gasteiger partial charge >= 0.3 is 0 Å². The highest BCUT2D eigenvalue weighted by Gasteiger charge is 2.30. The van der Waals surface area contributed by atoms with Crippen LogP contribution in [0.1, 0.15) is 26.2 Å². The number of hydrogen-bond acceptors (Lipinski definition) is 2. The van der Waals surface area contributed by atoms with Crippen molar-refractivity contribution in [2.24, 2.45) is 5.92 Å². The van der Waals surface area contributed by atoms with Crippen LogP contribution in [0.4, 0.5) is 10.1 Å². The minimum absolute atomic E-state index is 0.152. The summed E-state index contributed by atoms with van der Waals surface area (Å²) in [6, 6.07) is 5.14. The fraction of sp³-hybridized carbons (Fsp3) is 0.533. The third-order valence-corrected chi connectivity index (χ3v) is 4.39. The van der Waals surface area contributed by atoms with Crippen molar-refractivity contribution >= 4 is 27.5 Å². The highest BCUT2D eigenvalue weighted by Crippen LogP contribution is 2.34. The Bertz CT molecular complexity index is 491. The molecule has 110 valence electrons.